The Balaban J connectivity index is 2.91. The van der Waals surface area contributed by atoms with E-state index < -0.39 is 0 Å². The van der Waals surface area contributed by atoms with Crippen LogP contribution in [0.4, 0.5) is 0 Å². The molecule has 5 heteroatoms. The number of amides is 1. The van der Waals surface area contributed by atoms with Gasteiger partial charge in [0.25, 0.3) is 5.91 Å². The molecule has 0 aliphatic heterocycles. The molecular formula is C12H20N2O3. The van der Waals surface area contributed by atoms with Gasteiger partial charge in [0.15, 0.2) is 5.76 Å². The highest BCUT2D eigenvalue weighted by Crippen LogP contribution is 2.22. The summed E-state index contributed by atoms with van der Waals surface area (Å²) in [6.07, 6.45) is 0.684. The zero-order chi connectivity index (χ0) is 13.0. The van der Waals surface area contributed by atoms with Gasteiger partial charge in [0.2, 0.25) is 0 Å². The fraction of sp³-hybridized carbons (Fsp3) is 0.667. The number of aryl methyl sites for hydroxylation is 1. The van der Waals surface area contributed by atoms with Gasteiger partial charge in [-0.3, -0.25) is 4.79 Å². The minimum Gasteiger partial charge on any atom is -0.394 e. The molecule has 0 saturated heterocycles. The molecule has 0 bridgehead atoms. The molecule has 2 N–H and O–H groups in total. The van der Waals surface area contributed by atoms with E-state index in [1.807, 2.05) is 20.8 Å². The maximum atomic E-state index is 12.1. The van der Waals surface area contributed by atoms with E-state index in [0.717, 1.165) is 0 Å². The Bertz CT molecular complexity index is 381. The molecular weight excluding hydrogens is 220 g/mol. The van der Waals surface area contributed by atoms with E-state index in [9.17, 15) is 4.79 Å². The lowest BCUT2D eigenvalue weighted by Crippen LogP contribution is -2.37. The van der Waals surface area contributed by atoms with Crippen LogP contribution >= 0.6 is 0 Å². The highest BCUT2D eigenvalue weighted by Gasteiger charge is 2.23. The van der Waals surface area contributed by atoms with E-state index in [1.165, 1.54) is 0 Å². The number of hydrogen-bond acceptors (Lipinski definition) is 4. The number of carbonyl (C=O) groups excluding carboxylic acids is 1. The van der Waals surface area contributed by atoms with Crippen LogP contribution in [0.25, 0.3) is 0 Å². The number of rotatable bonds is 5. The molecule has 0 aromatic carbocycles. The first-order valence-corrected chi connectivity index (χ1v) is 5.89. The highest BCUT2D eigenvalue weighted by molar-refractivity contribution is 5.96. The summed E-state index contributed by atoms with van der Waals surface area (Å²) in [5, 5.41) is 15.7. The maximum Gasteiger partial charge on any atom is 0.257 e. The van der Waals surface area contributed by atoms with Gasteiger partial charge in [-0.15, -0.1) is 0 Å². The van der Waals surface area contributed by atoms with E-state index in [0.29, 0.717) is 23.4 Å². The van der Waals surface area contributed by atoms with Crippen molar-refractivity contribution in [3.05, 3.63) is 17.0 Å². The minimum absolute atomic E-state index is 0.0659. The summed E-state index contributed by atoms with van der Waals surface area (Å²) >= 11 is 0. The fourth-order valence-corrected chi connectivity index (χ4v) is 1.59. The number of aliphatic hydroxyl groups excluding tert-OH is 1. The lowest BCUT2D eigenvalue weighted by molar-refractivity contribution is 0.0912. The van der Waals surface area contributed by atoms with Gasteiger partial charge < -0.3 is 14.9 Å². The zero-order valence-electron chi connectivity index (χ0n) is 10.8. The van der Waals surface area contributed by atoms with Crippen LogP contribution in [0.1, 0.15) is 54.9 Å². The van der Waals surface area contributed by atoms with E-state index >= 15 is 0 Å². The van der Waals surface area contributed by atoms with Crippen LogP contribution in [-0.4, -0.2) is 28.8 Å². The topological polar surface area (TPSA) is 75.4 Å². The summed E-state index contributed by atoms with van der Waals surface area (Å²) in [4.78, 5) is 12.1. The number of nitrogens with zero attached hydrogens (tertiary/aromatic N) is 1. The van der Waals surface area contributed by atoms with Gasteiger partial charge in [0.1, 0.15) is 5.56 Å². The number of aromatic nitrogens is 1. The Morgan fingerprint density at radius 1 is 1.53 bits per heavy atom. The lowest BCUT2D eigenvalue weighted by Gasteiger charge is -2.14. The van der Waals surface area contributed by atoms with Gasteiger partial charge in [0, 0.05) is 5.92 Å². The van der Waals surface area contributed by atoms with Gasteiger partial charge in [-0.1, -0.05) is 25.9 Å². The van der Waals surface area contributed by atoms with Crippen LogP contribution in [0, 0.1) is 6.92 Å². The largest absolute Gasteiger partial charge is 0.394 e. The van der Waals surface area contributed by atoms with Crippen molar-refractivity contribution in [2.45, 2.75) is 46.1 Å². The third-order valence-electron chi connectivity index (χ3n) is 2.69. The maximum absolute atomic E-state index is 12.1. The van der Waals surface area contributed by atoms with E-state index in [2.05, 4.69) is 10.5 Å². The monoisotopic (exact) mass is 240 g/mol. The quantitative estimate of drug-likeness (QED) is 0.819. The number of aliphatic hydroxyl groups is 1. The minimum atomic E-state index is -0.228. The molecule has 0 radical (unpaired) electrons. The van der Waals surface area contributed by atoms with Crippen molar-refractivity contribution in [1.82, 2.24) is 10.5 Å². The molecule has 96 valence electrons. The lowest BCUT2D eigenvalue weighted by atomic mass is 10.0. The smallest absolute Gasteiger partial charge is 0.257 e. The number of hydrogen-bond donors (Lipinski definition) is 2. The van der Waals surface area contributed by atoms with Gasteiger partial charge in [-0.2, -0.15) is 0 Å². The molecule has 0 unspecified atom stereocenters. The molecule has 0 aliphatic rings. The third kappa shape index (κ3) is 3.06. The second-order valence-electron chi connectivity index (χ2n) is 4.42. The standard InChI is InChI=1S/C12H20N2O3/c1-5-9(6-15)13-12(16)10-8(4)14-17-11(10)7(2)3/h7,9,15H,5-6H2,1-4H3,(H,13,16)/t9-/m0/s1. The third-order valence-corrected chi connectivity index (χ3v) is 2.69. The molecule has 1 aromatic rings. The average Bonchev–Trinajstić information content (AvgIpc) is 2.67. The SMILES string of the molecule is CC[C@@H](CO)NC(=O)c1c(C)noc1C(C)C. The van der Waals surface area contributed by atoms with Gasteiger partial charge in [0.05, 0.1) is 18.3 Å². The average molecular weight is 240 g/mol. The normalized spacial score (nSPS) is 12.8. The van der Waals surface area contributed by atoms with Crippen LogP contribution in [0.2, 0.25) is 0 Å². The molecule has 5 nitrogen and oxygen atoms in total. The summed E-state index contributed by atoms with van der Waals surface area (Å²) in [5.74, 6) is 0.465. The summed E-state index contributed by atoms with van der Waals surface area (Å²) < 4.78 is 5.15. The fourth-order valence-electron chi connectivity index (χ4n) is 1.59. The van der Waals surface area contributed by atoms with Gasteiger partial charge in [-0.25, -0.2) is 0 Å². The van der Waals surface area contributed by atoms with Crippen molar-refractivity contribution in [3.8, 4) is 0 Å². The van der Waals surface area contributed by atoms with Crippen molar-refractivity contribution < 1.29 is 14.4 Å². The van der Waals surface area contributed by atoms with Gasteiger partial charge >= 0.3 is 0 Å². The number of carbonyl (C=O) groups is 1. The number of nitrogens with one attached hydrogen (secondary N) is 1. The highest BCUT2D eigenvalue weighted by atomic mass is 16.5. The van der Waals surface area contributed by atoms with E-state index in [1.54, 1.807) is 6.92 Å². The zero-order valence-corrected chi connectivity index (χ0v) is 10.8. The van der Waals surface area contributed by atoms with Crippen LogP contribution in [-0.2, 0) is 0 Å². The van der Waals surface area contributed by atoms with Crippen molar-refractivity contribution in [2.75, 3.05) is 6.61 Å². The Labute approximate surface area is 101 Å². The van der Waals surface area contributed by atoms with Crippen molar-refractivity contribution in [3.63, 3.8) is 0 Å². The first kappa shape index (κ1) is 13.7. The Morgan fingerprint density at radius 3 is 2.65 bits per heavy atom. The molecule has 0 fully saturated rings. The second-order valence-corrected chi connectivity index (χ2v) is 4.42. The molecule has 1 atom stereocenters. The van der Waals surface area contributed by atoms with Crippen LogP contribution in [0.3, 0.4) is 0 Å². The van der Waals surface area contributed by atoms with E-state index in [-0.39, 0.29) is 24.5 Å². The Hall–Kier alpha value is -1.36. The summed E-state index contributed by atoms with van der Waals surface area (Å²) in [6, 6.07) is -0.225. The molecule has 1 rings (SSSR count). The predicted molar refractivity (Wildman–Crippen MR) is 64.0 cm³/mol. The summed E-state index contributed by atoms with van der Waals surface area (Å²) in [5.41, 5.74) is 1.07. The van der Waals surface area contributed by atoms with Crippen molar-refractivity contribution in [1.29, 1.82) is 0 Å². The van der Waals surface area contributed by atoms with Crippen molar-refractivity contribution in [2.24, 2.45) is 0 Å². The molecule has 0 saturated carbocycles. The molecule has 0 spiro atoms. The van der Waals surface area contributed by atoms with Crippen LogP contribution < -0.4 is 5.32 Å². The molecule has 1 aromatic heterocycles. The second kappa shape index (κ2) is 5.82. The molecule has 1 amide bonds. The van der Waals surface area contributed by atoms with Gasteiger partial charge in [-0.05, 0) is 13.3 Å². The van der Waals surface area contributed by atoms with Crippen LogP contribution in [0.15, 0.2) is 4.52 Å². The first-order chi connectivity index (χ1) is 8.01. The molecule has 0 aliphatic carbocycles. The summed E-state index contributed by atoms with van der Waals surface area (Å²) in [7, 11) is 0. The Kier molecular flexibility index (Phi) is 4.69. The van der Waals surface area contributed by atoms with Crippen LogP contribution in [0.5, 0.6) is 0 Å². The Morgan fingerprint density at radius 2 is 2.18 bits per heavy atom. The first-order valence-electron chi connectivity index (χ1n) is 5.89. The predicted octanol–water partition coefficient (Wildman–Crippen LogP) is 1.61. The van der Waals surface area contributed by atoms with Crippen molar-refractivity contribution >= 4 is 5.91 Å². The summed E-state index contributed by atoms with van der Waals surface area (Å²) in [6.45, 7) is 7.47. The van der Waals surface area contributed by atoms with E-state index in [4.69, 9.17) is 9.63 Å². The molecule has 1 heterocycles. The molecule has 17 heavy (non-hydrogen) atoms.